The molecular weight excluding hydrogens is 232 g/mol. The first-order valence-corrected chi connectivity index (χ1v) is 4.66. The van der Waals surface area contributed by atoms with Crippen LogP contribution in [-0.4, -0.2) is 11.6 Å². The molecule has 1 aliphatic rings. The first-order chi connectivity index (χ1) is 6.25. The summed E-state index contributed by atoms with van der Waals surface area (Å²) in [6.07, 6.45) is 0.371. The van der Waals surface area contributed by atoms with Crippen molar-refractivity contribution in [3.63, 3.8) is 0 Å². The van der Waals surface area contributed by atoms with E-state index >= 15 is 0 Å². The highest BCUT2D eigenvalue weighted by molar-refractivity contribution is 9.10. The van der Waals surface area contributed by atoms with Crippen LogP contribution in [0.5, 0.6) is 0 Å². The SMILES string of the molecule is O=C1CC(c2cccc(Br)c2)=NN1. The highest BCUT2D eigenvalue weighted by Crippen LogP contribution is 2.14. The molecule has 66 valence electrons. The Labute approximate surface area is 84.0 Å². The number of halogens is 1. The Morgan fingerprint density at radius 1 is 1.46 bits per heavy atom. The Balaban J connectivity index is 2.31. The van der Waals surface area contributed by atoms with Crippen molar-refractivity contribution in [3.05, 3.63) is 34.3 Å². The normalized spacial score (nSPS) is 15.5. The number of nitrogens with zero attached hydrogens (tertiary/aromatic N) is 1. The monoisotopic (exact) mass is 238 g/mol. The molecule has 1 N–H and O–H groups in total. The van der Waals surface area contributed by atoms with Gasteiger partial charge in [-0.3, -0.25) is 4.79 Å². The Morgan fingerprint density at radius 2 is 2.31 bits per heavy atom. The summed E-state index contributed by atoms with van der Waals surface area (Å²) in [6, 6.07) is 7.74. The average Bonchev–Trinajstić information content (AvgIpc) is 2.52. The number of nitrogens with one attached hydrogen (secondary N) is 1. The van der Waals surface area contributed by atoms with Crippen molar-refractivity contribution in [2.45, 2.75) is 6.42 Å². The van der Waals surface area contributed by atoms with Gasteiger partial charge in [0.1, 0.15) is 0 Å². The van der Waals surface area contributed by atoms with Gasteiger partial charge in [0.05, 0.1) is 12.1 Å². The third-order valence-corrected chi connectivity index (χ3v) is 2.29. The van der Waals surface area contributed by atoms with Crippen LogP contribution in [0.2, 0.25) is 0 Å². The van der Waals surface area contributed by atoms with Gasteiger partial charge in [0.25, 0.3) is 0 Å². The lowest BCUT2D eigenvalue weighted by atomic mass is 10.1. The molecule has 0 atom stereocenters. The largest absolute Gasteiger partial charge is 0.273 e. The van der Waals surface area contributed by atoms with Crippen LogP contribution in [0.25, 0.3) is 0 Å². The molecule has 0 radical (unpaired) electrons. The molecule has 0 aromatic heterocycles. The van der Waals surface area contributed by atoms with Gasteiger partial charge in [-0.15, -0.1) is 0 Å². The fraction of sp³-hybridized carbons (Fsp3) is 0.111. The molecule has 0 fully saturated rings. The predicted octanol–water partition coefficient (Wildman–Crippen LogP) is 1.67. The first kappa shape index (κ1) is 8.44. The minimum atomic E-state index is -0.0463. The van der Waals surface area contributed by atoms with Crippen LogP contribution < -0.4 is 5.43 Å². The maximum atomic E-state index is 10.9. The van der Waals surface area contributed by atoms with Gasteiger partial charge in [-0.05, 0) is 17.7 Å². The summed E-state index contributed by atoms with van der Waals surface area (Å²) in [7, 11) is 0. The van der Waals surface area contributed by atoms with E-state index in [0.717, 1.165) is 15.7 Å². The van der Waals surface area contributed by atoms with Gasteiger partial charge in [-0.2, -0.15) is 5.10 Å². The summed E-state index contributed by atoms with van der Waals surface area (Å²) in [6.45, 7) is 0. The molecule has 0 bridgehead atoms. The summed E-state index contributed by atoms with van der Waals surface area (Å²) in [4.78, 5) is 10.9. The molecule has 1 aliphatic heterocycles. The van der Waals surface area contributed by atoms with E-state index in [2.05, 4.69) is 26.5 Å². The van der Waals surface area contributed by atoms with Crippen molar-refractivity contribution in [3.8, 4) is 0 Å². The maximum Gasteiger partial charge on any atom is 0.246 e. The van der Waals surface area contributed by atoms with Crippen LogP contribution in [0, 0.1) is 0 Å². The molecule has 3 nitrogen and oxygen atoms in total. The summed E-state index contributed by atoms with van der Waals surface area (Å²) < 4.78 is 0.993. The minimum absolute atomic E-state index is 0.0463. The molecule has 2 rings (SSSR count). The van der Waals surface area contributed by atoms with E-state index in [1.807, 2.05) is 24.3 Å². The average molecular weight is 239 g/mol. The van der Waals surface area contributed by atoms with Crippen molar-refractivity contribution in [1.82, 2.24) is 5.43 Å². The maximum absolute atomic E-state index is 10.9. The Morgan fingerprint density at radius 3 is 2.92 bits per heavy atom. The molecule has 1 aromatic carbocycles. The number of hydrazone groups is 1. The molecule has 1 heterocycles. The van der Waals surface area contributed by atoms with Crippen LogP contribution in [0.1, 0.15) is 12.0 Å². The molecular formula is C9H7BrN2O. The van der Waals surface area contributed by atoms with Gasteiger partial charge < -0.3 is 0 Å². The highest BCUT2D eigenvalue weighted by atomic mass is 79.9. The summed E-state index contributed by atoms with van der Waals surface area (Å²) in [5.74, 6) is -0.0463. The quantitative estimate of drug-likeness (QED) is 0.795. The van der Waals surface area contributed by atoms with Gasteiger partial charge in [0.2, 0.25) is 5.91 Å². The van der Waals surface area contributed by atoms with E-state index < -0.39 is 0 Å². The van der Waals surface area contributed by atoms with Crippen molar-refractivity contribution >= 4 is 27.5 Å². The first-order valence-electron chi connectivity index (χ1n) is 3.87. The summed E-state index contributed by atoms with van der Waals surface area (Å²) in [5.41, 5.74) is 4.20. The standard InChI is InChI=1S/C9H7BrN2O/c10-7-3-1-2-6(4-7)8-5-9(13)12-11-8/h1-4H,5H2,(H,12,13). The zero-order chi connectivity index (χ0) is 9.26. The van der Waals surface area contributed by atoms with Gasteiger partial charge >= 0.3 is 0 Å². The molecule has 4 heteroatoms. The van der Waals surface area contributed by atoms with Crippen molar-refractivity contribution in [1.29, 1.82) is 0 Å². The molecule has 0 saturated carbocycles. The van der Waals surface area contributed by atoms with E-state index in [0.29, 0.717) is 6.42 Å². The lowest BCUT2D eigenvalue weighted by Crippen LogP contribution is -2.09. The van der Waals surface area contributed by atoms with E-state index in [4.69, 9.17) is 0 Å². The van der Waals surface area contributed by atoms with Crippen molar-refractivity contribution in [2.75, 3.05) is 0 Å². The Kier molecular flexibility index (Phi) is 2.14. The fourth-order valence-electron chi connectivity index (χ4n) is 1.20. The Bertz CT molecular complexity index is 387. The second-order valence-corrected chi connectivity index (χ2v) is 3.70. The number of hydrogen-bond donors (Lipinski definition) is 1. The third-order valence-electron chi connectivity index (χ3n) is 1.80. The van der Waals surface area contributed by atoms with E-state index in [1.54, 1.807) is 0 Å². The van der Waals surface area contributed by atoms with Gasteiger partial charge in [-0.1, -0.05) is 28.1 Å². The zero-order valence-corrected chi connectivity index (χ0v) is 8.34. The van der Waals surface area contributed by atoms with Crippen LogP contribution in [0.4, 0.5) is 0 Å². The summed E-state index contributed by atoms with van der Waals surface area (Å²) >= 11 is 3.36. The van der Waals surface area contributed by atoms with Crippen LogP contribution in [0.3, 0.4) is 0 Å². The lowest BCUT2D eigenvalue weighted by molar-refractivity contribution is -0.119. The van der Waals surface area contributed by atoms with Crippen LogP contribution in [-0.2, 0) is 4.79 Å². The predicted molar refractivity (Wildman–Crippen MR) is 53.4 cm³/mol. The van der Waals surface area contributed by atoms with E-state index in [9.17, 15) is 4.79 Å². The molecule has 1 amide bonds. The summed E-state index contributed by atoms with van der Waals surface area (Å²) in [5, 5.41) is 3.92. The number of carbonyl (C=O) groups is 1. The zero-order valence-electron chi connectivity index (χ0n) is 6.75. The number of hydrogen-bond acceptors (Lipinski definition) is 2. The molecule has 0 saturated heterocycles. The van der Waals surface area contributed by atoms with Gasteiger partial charge in [0, 0.05) is 4.47 Å². The minimum Gasteiger partial charge on any atom is -0.273 e. The van der Waals surface area contributed by atoms with Gasteiger partial charge in [-0.25, -0.2) is 5.43 Å². The lowest BCUT2D eigenvalue weighted by Gasteiger charge is -1.97. The van der Waals surface area contributed by atoms with Crippen LogP contribution >= 0.6 is 15.9 Å². The number of amides is 1. The van der Waals surface area contributed by atoms with Crippen LogP contribution in [0.15, 0.2) is 33.8 Å². The third kappa shape index (κ3) is 1.78. The Hall–Kier alpha value is -1.16. The second-order valence-electron chi connectivity index (χ2n) is 2.78. The molecule has 0 unspecified atom stereocenters. The number of rotatable bonds is 1. The number of benzene rings is 1. The van der Waals surface area contributed by atoms with Gasteiger partial charge in [0.15, 0.2) is 0 Å². The second kappa shape index (κ2) is 3.30. The number of carbonyl (C=O) groups excluding carboxylic acids is 1. The van der Waals surface area contributed by atoms with Crippen molar-refractivity contribution < 1.29 is 4.79 Å². The highest BCUT2D eigenvalue weighted by Gasteiger charge is 2.15. The van der Waals surface area contributed by atoms with E-state index in [1.165, 1.54) is 0 Å². The molecule has 0 aliphatic carbocycles. The van der Waals surface area contributed by atoms with E-state index in [-0.39, 0.29) is 5.91 Å². The van der Waals surface area contributed by atoms with Crippen molar-refractivity contribution in [2.24, 2.45) is 5.10 Å². The molecule has 1 aromatic rings. The molecule has 0 spiro atoms. The molecule has 13 heavy (non-hydrogen) atoms. The smallest absolute Gasteiger partial charge is 0.246 e. The topological polar surface area (TPSA) is 41.5 Å². The fourth-order valence-corrected chi connectivity index (χ4v) is 1.59.